The van der Waals surface area contributed by atoms with Crippen molar-refractivity contribution in [1.82, 2.24) is 4.90 Å². The van der Waals surface area contributed by atoms with E-state index >= 15 is 0 Å². The Morgan fingerprint density at radius 1 is 1.18 bits per heavy atom. The molecule has 3 nitrogen and oxygen atoms in total. The van der Waals surface area contributed by atoms with E-state index in [1.165, 1.54) is 12.1 Å². The molecule has 2 unspecified atom stereocenters. The molecular formula is C24H30FNO2. The molecule has 4 heteroatoms. The van der Waals surface area contributed by atoms with Crippen LogP contribution in [0.2, 0.25) is 0 Å². The van der Waals surface area contributed by atoms with E-state index in [0.29, 0.717) is 17.3 Å². The molecule has 0 aliphatic carbocycles. The number of allylic oxidation sites excluding steroid dienone is 1. The summed E-state index contributed by atoms with van der Waals surface area (Å²) < 4.78 is 19.0. The van der Waals surface area contributed by atoms with E-state index in [1.807, 2.05) is 37.8 Å². The van der Waals surface area contributed by atoms with Crippen molar-refractivity contribution in [2.45, 2.75) is 70.1 Å². The lowest BCUT2D eigenvalue weighted by Crippen LogP contribution is -2.46. The number of hydrogen-bond donors (Lipinski definition) is 0. The molecule has 2 aliphatic rings. The summed E-state index contributed by atoms with van der Waals surface area (Å²) in [5, 5.41) is 0. The van der Waals surface area contributed by atoms with Crippen molar-refractivity contribution < 1.29 is 13.9 Å². The quantitative estimate of drug-likeness (QED) is 0.381. The normalized spacial score (nSPS) is 24.8. The van der Waals surface area contributed by atoms with Gasteiger partial charge in [0, 0.05) is 17.7 Å². The maximum atomic E-state index is 13.2. The lowest BCUT2D eigenvalue weighted by molar-refractivity contribution is -0.131. The van der Waals surface area contributed by atoms with Gasteiger partial charge in [-0.3, -0.25) is 4.79 Å². The summed E-state index contributed by atoms with van der Waals surface area (Å²) in [6.07, 6.45) is 7.13. The highest BCUT2D eigenvalue weighted by molar-refractivity contribution is 5.97. The number of hydrogen-bond acceptors (Lipinski definition) is 2. The Bertz CT molecular complexity index is 774. The Morgan fingerprint density at radius 3 is 2.25 bits per heavy atom. The Kier molecular flexibility index (Phi) is 5.78. The number of carbonyl (C=O) groups is 1. The van der Waals surface area contributed by atoms with E-state index in [2.05, 4.69) is 13.2 Å². The monoisotopic (exact) mass is 383 g/mol. The standard InChI is InChI=1S/C24H30FNO2/c1-6-17(13-16(2)28-24(3,4)5)23(27)26-21-11-12-22(26)15-19(14-21)18-7-9-20(25)10-8-18/h6-10,13,19,21-22H,1-2,11-12,14-15H2,3-5H3/b17-13+. The molecule has 0 radical (unpaired) electrons. The van der Waals surface area contributed by atoms with Crippen LogP contribution in [0.4, 0.5) is 4.39 Å². The van der Waals surface area contributed by atoms with Crippen LogP contribution in [-0.4, -0.2) is 28.5 Å². The van der Waals surface area contributed by atoms with Crippen molar-refractivity contribution in [3.63, 3.8) is 0 Å². The minimum atomic E-state index is -0.366. The van der Waals surface area contributed by atoms with Gasteiger partial charge in [-0.2, -0.15) is 0 Å². The molecule has 1 aromatic carbocycles. The lowest BCUT2D eigenvalue weighted by atomic mass is 9.84. The summed E-state index contributed by atoms with van der Waals surface area (Å²) in [6, 6.07) is 7.21. The average Bonchev–Trinajstić information content (AvgIpc) is 2.88. The fourth-order valence-corrected chi connectivity index (χ4v) is 4.47. The summed E-state index contributed by atoms with van der Waals surface area (Å²) in [4.78, 5) is 15.2. The predicted molar refractivity (Wildman–Crippen MR) is 110 cm³/mol. The molecule has 0 saturated carbocycles. The molecule has 0 spiro atoms. The highest BCUT2D eigenvalue weighted by atomic mass is 19.1. The Labute approximate surface area is 167 Å². The van der Waals surface area contributed by atoms with Gasteiger partial charge in [-0.05, 0) is 76.1 Å². The lowest BCUT2D eigenvalue weighted by Gasteiger charge is -2.39. The zero-order valence-electron chi connectivity index (χ0n) is 17.1. The SMILES string of the molecule is C=C/C(=C\C(=C)OC(C)(C)C)C(=O)N1C2CCC1CC(c1ccc(F)cc1)C2. The van der Waals surface area contributed by atoms with Gasteiger partial charge in [-0.15, -0.1) is 0 Å². The van der Waals surface area contributed by atoms with Crippen LogP contribution in [-0.2, 0) is 9.53 Å². The summed E-state index contributed by atoms with van der Waals surface area (Å²) in [5.41, 5.74) is 1.32. The average molecular weight is 384 g/mol. The molecule has 1 aromatic rings. The van der Waals surface area contributed by atoms with Gasteiger partial charge in [0.1, 0.15) is 17.2 Å². The zero-order chi connectivity index (χ0) is 20.5. The molecule has 2 fully saturated rings. The third-order valence-electron chi connectivity index (χ3n) is 5.53. The molecule has 1 amide bonds. The molecular weight excluding hydrogens is 353 g/mol. The number of halogens is 1. The highest BCUT2D eigenvalue weighted by Crippen LogP contribution is 2.43. The molecule has 0 aromatic heterocycles. The molecule has 3 rings (SSSR count). The molecule has 2 saturated heterocycles. The van der Waals surface area contributed by atoms with Gasteiger partial charge in [0.15, 0.2) is 0 Å². The molecule has 2 atom stereocenters. The summed E-state index contributed by atoms with van der Waals surface area (Å²) in [7, 11) is 0. The predicted octanol–water partition coefficient (Wildman–Crippen LogP) is 5.50. The van der Waals surface area contributed by atoms with Crippen molar-refractivity contribution in [2.75, 3.05) is 0 Å². The number of fused-ring (bicyclic) bond motifs is 2. The van der Waals surface area contributed by atoms with Gasteiger partial charge < -0.3 is 9.64 Å². The first-order valence-corrected chi connectivity index (χ1v) is 9.98. The Hall–Kier alpha value is -2.36. The smallest absolute Gasteiger partial charge is 0.254 e. The number of amides is 1. The minimum absolute atomic E-state index is 0.00119. The van der Waals surface area contributed by atoms with Crippen LogP contribution in [0.1, 0.15) is 57.9 Å². The number of ether oxygens (including phenoxy) is 1. The molecule has 0 N–H and O–H groups in total. The van der Waals surface area contributed by atoms with Crippen LogP contribution in [0.3, 0.4) is 0 Å². The van der Waals surface area contributed by atoms with Crippen LogP contribution >= 0.6 is 0 Å². The number of carbonyl (C=O) groups excluding carboxylic acids is 1. The van der Waals surface area contributed by atoms with Crippen LogP contribution in [0, 0.1) is 5.82 Å². The second kappa shape index (κ2) is 7.94. The first-order chi connectivity index (χ1) is 13.2. The van der Waals surface area contributed by atoms with Crippen LogP contribution in [0.25, 0.3) is 0 Å². The fourth-order valence-electron chi connectivity index (χ4n) is 4.47. The van der Waals surface area contributed by atoms with Gasteiger partial charge in [0.25, 0.3) is 5.91 Å². The van der Waals surface area contributed by atoms with E-state index in [0.717, 1.165) is 31.2 Å². The van der Waals surface area contributed by atoms with Crippen molar-refractivity contribution in [1.29, 1.82) is 0 Å². The Morgan fingerprint density at radius 2 is 1.75 bits per heavy atom. The molecule has 2 bridgehead atoms. The number of piperidine rings is 1. The fraction of sp³-hybridized carbons (Fsp3) is 0.458. The van der Waals surface area contributed by atoms with Crippen LogP contribution in [0.5, 0.6) is 0 Å². The Balaban J connectivity index is 1.73. The summed E-state index contributed by atoms with van der Waals surface area (Å²) >= 11 is 0. The number of rotatable bonds is 5. The van der Waals surface area contributed by atoms with E-state index in [4.69, 9.17) is 4.74 Å². The van der Waals surface area contributed by atoms with Crippen molar-refractivity contribution in [3.8, 4) is 0 Å². The van der Waals surface area contributed by atoms with E-state index in [1.54, 1.807) is 12.2 Å². The van der Waals surface area contributed by atoms with Crippen LogP contribution < -0.4 is 0 Å². The largest absolute Gasteiger partial charge is 0.489 e. The topological polar surface area (TPSA) is 29.5 Å². The number of nitrogens with zero attached hydrogens (tertiary/aromatic N) is 1. The molecule has 2 heterocycles. The van der Waals surface area contributed by atoms with Crippen molar-refractivity contribution in [2.24, 2.45) is 0 Å². The van der Waals surface area contributed by atoms with Gasteiger partial charge in [-0.25, -0.2) is 4.39 Å². The zero-order valence-corrected chi connectivity index (χ0v) is 17.1. The van der Waals surface area contributed by atoms with E-state index in [-0.39, 0.29) is 29.4 Å². The first-order valence-electron chi connectivity index (χ1n) is 9.98. The van der Waals surface area contributed by atoms with Gasteiger partial charge >= 0.3 is 0 Å². The summed E-state index contributed by atoms with van der Waals surface area (Å²) in [5.74, 6) is 0.623. The molecule has 2 aliphatic heterocycles. The molecule has 150 valence electrons. The maximum Gasteiger partial charge on any atom is 0.254 e. The van der Waals surface area contributed by atoms with E-state index in [9.17, 15) is 9.18 Å². The minimum Gasteiger partial charge on any atom is -0.489 e. The molecule has 28 heavy (non-hydrogen) atoms. The van der Waals surface area contributed by atoms with E-state index < -0.39 is 0 Å². The van der Waals surface area contributed by atoms with Crippen LogP contribution in [0.15, 0.2) is 60.9 Å². The highest BCUT2D eigenvalue weighted by Gasteiger charge is 2.43. The first kappa shape index (κ1) is 20.4. The third-order valence-corrected chi connectivity index (χ3v) is 5.53. The second-order valence-corrected chi connectivity index (χ2v) is 8.80. The van der Waals surface area contributed by atoms with Gasteiger partial charge in [-0.1, -0.05) is 31.4 Å². The summed E-state index contributed by atoms with van der Waals surface area (Å²) in [6.45, 7) is 13.6. The number of benzene rings is 1. The third kappa shape index (κ3) is 4.54. The van der Waals surface area contributed by atoms with Crippen molar-refractivity contribution >= 4 is 5.91 Å². The maximum absolute atomic E-state index is 13.2. The van der Waals surface area contributed by atoms with Gasteiger partial charge in [0.2, 0.25) is 0 Å². The second-order valence-electron chi connectivity index (χ2n) is 8.80. The van der Waals surface area contributed by atoms with Crippen molar-refractivity contribution in [3.05, 3.63) is 72.3 Å². The van der Waals surface area contributed by atoms with Gasteiger partial charge in [0.05, 0.1) is 0 Å².